The topological polar surface area (TPSA) is 20.2 Å². The van der Waals surface area contributed by atoms with Crippen molar-refractivity contribution < 1.29 is 5.11 Å². The molecule has 1 fully saturated rings. The van der Waals surface area contributed by atoms with Crippen molar-refractivity contribution in [3.63, 3.8) is 0 Å². The summed E-state index contributed by atoms with van der Waals surface area (Å²) in [7, 11) is 0. The van der Waals surface area contributed by atoms with Gasteiger partial charge in [-0.1, -0.05) is 56.9 Å². The lowest BCUT2D eigenvalue weighted by Gasteiger charge is -2.16. The number of aliphatic hydroxyl groups is 1. The van der Waals surface area contributed by atoms with Crippen molar-refractivity contribution >= 4 is 0 Å². The number of allylic oxidation sites excluding steroid dienone is 4. The lowest BCUT2D eigenvalue weighted by Crippen LogP contribution is -2.17. The van der Waals surface area contributed by atoms with Gasteiger partial charge in [-0.15, -0.1) is 0 Å². The maximum absolute atomic E-state index is 9.70. The van der Waals surface area contributed by atoms with Crippen LogP contribution in [0.4, 0.5) is 0 Å². The molecule has 134 valence electrons. The van der Waals surface area contributed by atoms with Gasteiger partial charge in [0.15, 0.2) is 0 Å². The molecule has 1 nitrogen and oxygen atoms in total. The van der Waals surface area contributed by atoms with Crippen LogP contribution in [0, 0.1) is 11.8 Å². The number of unbranched alkanes of at least 4 members (excludes halogenated alkanes) is 5. The molecule has 23 heavy (non-hydrogen) atoms. The van der Waals surface area contributed by atoms with Crippen molar-refractivity contribution in [3.8, 4) is 0 Å². The highest BCUT2D eigenvalue weighted by Crippen LogP contribution is 2.35. The molecular weight excluding hydrogens is 280 g/mol. The van der Waals surface area contributed by atoms with Gasteiger partial charge in [-0.3, -0.25) is 0 Å². The molecule has 0 amide bonds. The van der Waals surface area contributed by atoms with Crippen LogP contribution in [0.3, 0.4) is 0 Å². The smallest absolute Gasteiger partial charge is 0.0591 e. The van der Waals surface area contributed by atoms with Crippen molar-refractivity contribution in [2.45, 2.75) is 103 Å². The Morgan fingerprint density at radius 2 is 1.74 bits per heavy atom. The largest absolute Gasteiger partial charge is 0.390 e. The summed E-state index contributed by atoms with van der Waals surface area (Å²) in [6, 6.07) is 0. The van der Waals surface area contributed by atoms with Crippen LogP contribution in [0.1, 0.15) is 97.8 Å². The van der Waals surface area contributed by atoms with Crippen molar-refractivity contribution in [2.24, 2.45) is 11.8 Å². The molecule has 0 aromatic carbocycles. The van der Waals surface area contributed by atoms with E-state index in [9.17, 15) is 5.11 Å². The van der Waals surface area contributed by atoms with Crippen LogP contribution in [-0.4, -0.2) is 10.7 Å². The molecule has 1 heteroatoms. The summed E-state index contributed by atoms with van der Waals surface area (Å²) in [6.07, 6.45) is 25.0. The highest BCUT2D eigenvalue weighted by atomic mass is 16.3. The molecule has 1 rings (SSSR count). The van der Waals surface area contributed by atoms with E-state index < -0.39 is 5.60 Å². The molecule has 0 radical (unpaired) electrons. The minimum absolute atomic E-state index is 0.508. The van der Waals surface area contributed by atoms with Crippen LogP contribution < -0.4 is 0 Å². The molecule has 1 aliphatic carbocycles. The summed E-state index contributed by atoms with van der Waals surface area (Å²) >= 11 is 0. The van der Waals surface area contributed by atoms with Crippen molar-refractivity contribution in [2.75, 3.05) is 0 Å². The molecule has 0 bridgehead atoms. The maximum atomic E-state index is 9.70. The predicted octanol–water partition coefficient (Wildman–Crippen LogP) is 6.82. The summed E-state index contributed by atoms with van der Waals surface area (Å²) in [4.78, 5) is 0. The Balaban J connectivity index is 2.16. The van der Waals surface area contributed by atoms with Gasteiger partial charge >= 0.3 is 0 Å². The number of hydrogen-bond acceptors (Lipinski definition) is 1. The maximum Gasteiger partial charge on any atom is 0.0591 e. The molecular formula is C22H40O. The Hall–Kier alpha value is -0.560. The van der Waals surface area contributed by atoms with E-state index in [1.165, 1.54) is 57.8 Å². The zero-order chi connectivity index (χ0) is 17.0. The van der Waals surface area contributed by atoms with Gasteiger partial charge in [0, 0.05) is 0 Å². The zero-order valence-electron chi connectivity index (χ0n) is 15.9. The van der Waals surface area contributed by atoms with E-state index in [2.05, 4.69) is 31.2 Å². The number of hydrogen-bond donors (Lipinski definition) is 1. The third-order valence-electron chi connectivity index (χ3n) is 5.09. The SMILES string of the molecule is CCCCCCC=C[C@H]1CCC[C@@H]1CC=CCCCC(C)(C)O. The van der Waals surface area contributed by atoms with Crippen LogP contribution >= 0.6 is 0 Å². The second kappa shape index (κ2) is 11.9. The standard InChI is InChI=1S/C22H40O/c1-4-5-6-7-8-11-15-20-17-14-18-21(20)16-12-9-10-13-19-22(2,3)23/h9,11-12,15,20-21,23H,4-8,10,13-14,16-19H2,1-3H3/t20-,21-/m0/s1. The molecule has 0 unspecified atom stereocenters. The minimum atomic E-state index is -0.508. The molecule has 0 heterocycles. The van der Waals surface area contributed by atoms with Gasteiger partial charge in [0.25, 0.3) is 0 Å². The van der Waals surface area contributed by atoms with Crippen LogP contribution in [0.25, 0.3) is 0 Å². The molecule has 0 aromatic rings. The van der Waals surface area contributed by atoms with Gasteiger partial charge in [-0.2, -0.15) is 0 Å². The quantitative estimate of drug-likeness (QED) is 0.309. The minimum Gasteiger partial charge on any atom is -0.390 e. The average molecular weight is 321 g/mol. The van der Waals surface area contributed by atoms with Crippen LogP contribution in [0.15, 0.2) is 24.3 Å². The third kappa shape index (κ3) is 10.8. The Morgan fingerprint density at radius 3 is 2.48 bits per heavy atom. The fraction of sp³-hybridized carbons (Fsp3) is 0.818. The van der Waals surface area contributed by atoms with Crippen molar-refractivity contribution in [1.29, 1.82) is 0 Å². The van der Waals surface area contributed by atoms with E-state index >= 15 is 0 Å². The third-order valence-corrected chi connectivity index (χ3v) is 5.09. The van der Waals surface area contributed by atoms with E-state index in [-0.39, 0.29) is 0 Å². The first kappa shape index (κ1) is 20.5. The summed E-state index contributed by atoms with van der Waals surface area (Å²) in [6.45, 7) is 6.07. The number of rotatable bonds is 12. The van der Waals surface area contributed by atoms with E-state index in [0.29, 0.717) is 0 Å². The first-order chi connectivity index (χ1) is 11.0. The zero-order valence-corrected chi connectivity index (χ0v) is 15.9. The molecule has 0 aromatic heterocycles. The average Bonchev–Trinajstić information content (AvgIpc) is 2.93. The highest BCUT2D eigenvalue weighted by Gasteiger charge is 2.23. The van der Waals surface area contributed by atoms with E-state index in [1.54, 1.807) is 0 Å². The summed E-state index contributed by atoms with van der Waals surface area (Å²) in [5.74, 6) is 1.69. The molecule has 0 spiro atoms. The Morgan fingerprint density at radius 1 is 0.957 bits per heavy atom. The second-order valence-corrected chi connectivity index (χ2v) is 8.04. The van der Waals surface area contributed by atoms with E-state index in [1.807, 2.05) is 13.8 Å². The monoisotopic (exact) mass is 320 g/mol. The lowest BCUT2D eigenvalue weighted by atomic mass is 9.92. The highest BCUT2D eigenvalue weighted by molar-refractivity contribution is 4.97. The fourth-order valence-electron chi connectivity index (χ4n) is 3.61. The molecule has 1 aliphatic rings. The molecule has 0 saturated heterocycles. The Labute approximate surface area is 145 Å². The van der Waals surface area contributed by atoms with E-state index in [0.717, 1.165) is 31.1 Å². The van der Waals surface area contributed by atoms with Crippen LogP contribution in [0.5, 0.6) is 0 Å². The van der Waals surface area contributed by atoms with Gasteiger partial charge in [-0.25, -0.2) is 0 Å². The summed E-state index contributed by atoms with van der Waals surface area (Å²) < 4.78 is 0. The predicted molar refractivity (Wildman–Crippen MR) is 103 cm³/mol. The summed E-state index contributed by atoms with van der Waals surface area (Å²) in [5, 5.41) is 9.70. The van der Waals surface area contributed by atoms with Gasteiger partial charge < -0.3 is 5.11 Å². The van der Waals surface area contributed by atoms with Gasteiger partial charge in [0.05, 0.1) is 5.60 Å². The van der Waals surface area contributed by atoms with Crippen LogP contribution in [0.2, 0.25) is 0 Å². The Kier molecular flexibility index (Phi) is 10.6. The van der Waals surface area contributed by atoms with Gasteiger partial charge in [0.1, 0.15) is 0 Å². The van der Waals surface area contributed by atoms with Crippen molar-refractivity contribution in [1.82, 2.24) is 0 Å². The van der Waals surface area contributed by atoms with E-state index in [4.69, 9.17) is 0 Å². The second-order valence-electron chi connectivity index (χ2n) is 8.04. The first-order valence-electron chi connectivity index (χ1n) is 10.1. The van der Waals surface area contributed by atoms with Gasteiger partial charge in [-0.05, 0) is 77.0 Å². The van der Waals surface area contributed by atoms with Crippen molar-refractivity contribution in [3.05, 3.63) is 24.3 Å². The molecule has 2 atom stereocenters. The lowest BCUT2D eigenvalue weighted by molar-refractivity contribution is 0.0691. The summed E-state index contributed by atoms with van der Waals surface area (Å²) in [5.41, 5.74) is -0.508. The normalized spacial score (nSPS) is 22.6. The first-order valence-corrected chi connectivity index (χ1v) is 10.1. The molecule has 1 saturated carbocycles. The fourth-order valence-corrected chi connectivity index (χ4v) is 3.61. The molecule has 0 aliphatic heterocycles. The Bertz CT molecular complexity index is 334. The van der Waals surface area contributed by atoms with Crippen LogP contribution in [-0.2, 0) is 0 Å². The van der Waals surface area contributed by atoms with Gasteiger partial charge in [0.2, 0.25) is 0 Å². The molecule has 1 N–H and O–H groups in total.